The molecule has 1 aromatic carbocycles. The van der Waals surface area contributed by atoms with Crippen LogP contribution in [0.25, 0.3) is 10.9 Å². The summed E-state index contributed by atoms with van der Waals surface area (Å²) in [5.74, 6) is -0.283. The maximum absolute atomic E-state index is 12.5. The Balaban J connectivity index is 1.75. The Kier molecular flexibility index (Phi) is 3.53. The number of carbonyl (C=O) groups is 2. The lowest BCUT2D eigenvalue weighted by Gasteiger charge is -2.30. The van der Waals surface area contributed by atoms with E-state index in [1.54, 1.807) is 30.6 Å². The molecular formula is C19H18N4O2. The standard InChI is InChI=1S/C19H18N4O2/c1-11-12(2)23-16-9-14(18(24)22-15-4-3-7-20-10-15)6-5-13(16)8-17(23)19(25)21-11/h3-12H,1-2H3,(H,21,25)(H,22,24)/t11-,12-/m1/s1. The summed E-state index contributed by atoms with van der Waals surface area (Å²) in [6.07, 6.45) is 3.26. The van der Waals surface area contributed by atoms with Gasteiger partial charge >= 0.3 is 0 Å². The molecule has 126 valence electrons. The number of anilines is 1. The van der Waals surface area contributed by atoms with Crippen molar-refractivity contribution < 1.29 is 9.59 Å². The van der Waals surface area contributed by atoms with E-state index in [0.29, 0.717) is 16.9 Å². The lowest BCUT2D eigenvalue weighted by molar-refractivity contribution is 0.0891. The highest BCUT2D eigenvalue weighted by Crippen LogP contribution is 2.30. The smallest absolute Gasteiger partial charge is 0.268 e. The average Bonchev–Trinajstić information content (AvgIpc) is 3.00. The number of carbonyl (C=O) groups excluding carboxylic acids is 2. The first-order valence-electron chi connectivity index (χ1n) is 8.22. The van der Waals surface area contributed by atoms with Crippen molar-refractivity contribution in [1.29, 1.82) is 0 Å². The van der Waals surface area contributed by atoms with Crippen LogP contribution in [0, 0.1) is 0 Å². The van der Waals surface area contributed by atoms with Gasteiger partial charge in [-0.1, -0.05) is 6.07 Å². The van der Waals surface area contributed by atoms with Gasteiger partial charge in [-0.2, -0.15) is 0 Å². The third-order valence-corrected chi connectivity index (χ3v) is 4.75. The summed E-state index contributed by atoms with van der Waals surface area (Å²) in [6.45, 7) is 4.05. The van der Waals surface area contributed by atoms with Gasteiger partial charge in [-0.25, -0.2) is 0 Å². The zero-order chi connectivity index (χ0) is 17.6. The minimum Gasteiger partial charge on any atom is -0.346 e. The topological polar surface area (TPSA) is 76.0 Å². The van der Waals surface area contributed by atoms with Gasteiger partial charge in [0.15, 0.2) is 0 Å². The summed E-state index contributed by atoms with van der Waals surface area (Å²) < 4.78 is 2.01. The number of nitrogens with zero attached hydrogens (tertiary/aromatic N) is 2. The first kappa shape index (κ1) is 15.4. The monoisotopic (exact) mass is 334 g/mol. The molecule has 2 N–H and O–H groups in total. The number of aromatic nitrogens is 2. The largest absolute Gasteiger partial charge is 0.346 e. The van der Waals surface area contributed by atoms with E-state index >= 15 is 0 Å². The van der Waals surface area contributed by atoms with Crippen LogP contribution in [0.2, 0.25) is 0 Å². The maximum Gasteiger partial charge on any atom is 0.268 e. The van der Waals surface area contributed by atoms with Crippen molar-refractivity contribution >= 4 is 28.4 Å². The summed E-state index contributed by atoms with van der Waals surface area (Å²) in [5.41, 5.74) is 2.71. The fourth-order valence-corrected chi connectivity index (χ4v) is 3.24. The molecule has 1 aliphatic rings. The Hall–Kier alpha value is -3.15. The molecule has 2 atom stereocenters. The van der Waals surface area contributed by atoms with Crippen LogP contribution in [0.15, 0.2) is 48.8 Å². The van der Waals surface area contributed by atoms with Crippen molar-refractivity contribution in [1.82, 2.24) is 14.9 Å². The minimum absolute atomic E-state index is 0.0310. The Bertz CT molecular complexity index is 978. The number of amides is 2. The molecule has 4 rings (SSSR count). The zero-order valence-electron chi connectivity index (χ0n) is 14.0. The summed E-state index contributed by atoms with van der Waals surface area (Å²) in [5, 5.41) is 6.75. The highest BCUT2D eigenvalue weighted by atomic mass is 16.2. The lowest BCUT2D eigenvalue weighted by atomic mass is 10.1. The van der Waals surface area contributed by atoms with Crippen LogP contribution in [0.1, 0.15) is 40.7 Å². The summed E-state index contributed by atoms with van der Waals surface area (Å²) in [6, 6.07) is 11.1. The molecule has 0 saturated heterocycles. The molecule has 1 aliphatic heterocycles. The van der Waals surface area contributed by atoms with Gasteiger partial charge in [-0.05, 0) is 44.2 Å². The SMILES string of the molecule is C[C@@H]1[C@@H](C)NC(=O)c2cc3ccc(C(=O)Nc4cccnc4)cc3n21. The second-order valence-electron chi connectivity index (χ2n) is 6.37. The number of benzene rings is 1. The van der Waals surface area contributed by atoms with E-state index in [4.69, 9.17) is 0 Å². The van der Waals surface area contributed by atoms with Crippen LogP contribution < -0.4 is 10.6 Å². The van der Waals surface area contributed by atoms with Crippen molar-refractivity contribution in [3.8, 4) is 0 Å². The molecule has 0 bridgehead atoms. The van der Waals surface area contributed by atoms with Crippen molar-refractivity contribution in [3.05, 3.63) is 60.0 Å². The first-order valence-corrected chi connectivity index (χ1v) is 8.22. The minimum atomic E-state index is -0.202. The van der Waals surface area contributed by atoms with Crippen LogP contribution >= 0.6 is 0 Å². The average molecular weight is 334 g/mol. The molecule has 2 aromatic heterocycles. The van der Waals surface area contributed by atoms with Crippen LogP contribution in [0.5, 0.6) is 0 Å². The Morgan fingerprint density at radius 2 is 2.08 bits per heavy atom. The van der Waals surface area contributed by atoms with Gasteiger partial charge in [-0.3, -0.25) is 14.6 Å². The lowest BCUT2D eigenvalue weighted by Crippen LogP contribution is -2.44. The van der Waals surface area contributed by atoms with Crippen molar-refractivity contribution in [3.63, 3.8) is 0 Å². The quantitative estimate of drug-likeness (QED) is 0.756. The molecule has 2 amide bonds. The number of pyridine rings is 1. The number of nitrogens with one attached hydrogen (secondary N) is 2. The molecule has 0 saturated carbocycles. The van der Waals surface area contributed by atoms with Crippen molar-refractivity contribution in [2.75, 3.05) is 5.32 Å². The molecular weight excluding hydrogens is 316 g/mol. The number of hydrogen-bond acceptors (Lipinski definition) is 3. The van der Waals surface area contributed by atoms with Gasteiger partial charge in [0.1, 0.15) is 5.69 Å². The molecule has 6 heteroatoms. The first-order chi connectivity index (χ1) is 12.0. The summed E-state index contributed by atoms with van der Waals surface area (Å²) in [7, 11) is 0. The van der Waals surface area contributed by atoms with Crippen LogP contribution in [-0.4, -0.2) is 27.4 Å². The number of hydrogen-bond donors (Lipinski definition) is 2. The predicted octanol–water partition coefficient (Wildman–Crippen LogP) is 2.98. The number of fused-ring (bicyclic) bond motifs is 3. The molecule has 3 heterocycles. The van der Waals surface area contributed by atoms with Crippen LogP contribution in [-0.2, 0) is 0 Å². The Morgan fingerprint density at radius 1 is 1.24 bits per heavy atom. The predicted molar refractivity (Wildman–Crippen MR) is 95.8 cm³/mol. The van der Waals surface area contributed by atoms with E-state index < -0.39 is 0 Å². The van der Waals surface area contributed by atoms with E-state index in [1.165, 1.54) is 0 Å². The van der Waals surface area contributed by atoms with E-state index in [9.17, 15) is 9.59 Å². The van der Waals surface area contributed by atoms with Crippen LogP contribution in [0.3, 0.4) is 0 Å². The van der Waals surface area contributed by atoms with Crippen molar-refractivity contribution in [2.45, 2.75) is 25.9 Å². The van der Waals surface area contributed by atoms with Gasteiger partial charge in [0.25, 0.3) is 11.8 Å². The molecule has 0 aliphatic carbocycles. The second-order valence-corrected chi connectivity index (χ2v) is 6.37. The molecule has 6 nitrogen and oxygen atoms in total. The molecule has 0 unspecified atom stereocenters. The van der Waals surface area contributed by atoms with E-state index in [0.717, 1.165) is 10.9 Å². The summed E-state index contributed by atoms with van der Waals surface area (Å²) >= 11 is 0. The van der Waals surface area contributed by atoms with Gasteiger partial charge < -0.3 is 15.2 Å². The Labute approximate surface area is 144 Å². The second kappa shape index (κ2) is 5.73. The van der Waals surface area contributed by atoms with Gasteiger partial charge in [0, 0.05) is 28.7 Å². The molecule has 0 radical (unpaired) electrons. The zero-order valence-corrected chi connectivity index (χ0v) is 14.0. The van der Waals surface area contributed by atoms with Gasteiger partial charge in [0.2, 0.25) is 0 Å². The Morgan fingerprint density at radius 3 is 2.84 bits per heavy atom. The molecule has 0 fully saturated rings. The summed E-state index contributed by atoms with van der Waals surface area (Å²) in [4.78, 5) is 28.8. The van der Waals surface area contributed by atoms with Gasteiger partial charge in [0.05, 0.1) is 17.9 Å². The number of rotatable bonds is 2. The fraction of sp³-hybridized carbons (Fsp3) is 0.211. The van der Waals surface area contributed by atoms with Gasteiger partial charge in [-0.15, -0.1) is 0 Å². The third-order valence-electron chi connectivity index (χ3n) is 4.75. The highest BCUT2D eigenvalue weighted by Gasteiger charge is 2.29. The third kappa shape index (κ3) is 2.55. The normalized spacial score (nSPS) is 19.4. The van der Waals surface area contributed by atoms with Crippen molar-refractivity contribution in [2.24, 2.45) is 0 Å². The maximum atomic E-state index is 12.5. The van der Waals surface area contributed by atoms with E-state index in [2.05, 4.69) is 22.5 Å². The molecule has 25 heavy (non-hydrogen) atoms. The van der Waals surface area contributed by atoms with E-state index in [1.807, 2.05) is 29.7 Å². The molecule has 3 aromatic rings. The van der Waals surface area contributed by atoms with E-state index in [-0.39, 0.29) is 23.9 Å². The fourth-order valence-electron chi connectivity index (χ4n) is 3.24. The highest BCUT2D eigenvalue weighted by molar-refractivity contribution is 6.07. The van der Waals surface area contributed by atoms with Crippen LogP contribution in [0.4, 0.5) is 5.69 Å². The molecule has 0 spiro atoms.